The van der Waals surface area contributed by atoms with Crippen LogP contribution in [-0.4, -0.2) is 0 Å². The van der Waals surface area contributed by atoms with Gasteiger partial charge in [-0.2, -0.15) is 0 Å². The topological polar surface area (TPSA) is 0 Å². The van der Waals surface area contributed by atoms with Gasteiger partial charge >= 0.3 is 56.6 Å². The Morgan fingerprint density at radius 2 is 0.500 bits per heavy atom. The number of hydrogen-bond acceptors (Lipinski definition) is 0. The van der Waals surface area contributed by atoms with Crippen LogP contribution in [0.15, 0.2) is 0 Å². The normalized spacial score (nSPS) is 0. The van der Waals surface area contributed by atoms with Gasteiger partial charge in [0.15, 0.2) is 0 Å². The molecular weight excluding hydrogens is 51.8 g/mol. The van der Waals surface area contributed by atoms with Gasteiger partial charge in [-0.25, -0.2) is 0 Å². The summed E-state index contributed by atoms with van der Waals surface area (Å²) in [5.41, 5.74) is 0. The molecule has 0 saturated carbocycles. The van der Waals surface area contributed by atoms with Gasteiger partial charge in [0, 0.05) is 0 Å². The minimum Gasteiger partial charge on any atom is -0.577 e. The fourth-order valence-electron chi connectivity index (χ4n) is 0. The Morgan fingerprint density at radius 3 is 0.500 bits per heavy atom. The summed E-state index contributed by atoms with van der Waals surface area (Å²) in [6.07, 6.45) is 0. The van der Waals surface area contributed by atoms with E-state index < -0.39 is 0 Å². The fraction of sp³-hybridized carbons (Fsp3) is 0. The smallest absolute Gasteiger partial charge is 0.577 e. The second-order valence-electron chi connectivity index (χ2n) is 0. The zero-order valence-electron chi connectivity index (χ0n) is 3.58. The van der Waals surface area contributed by atoms with Crippen LogP contribution in [0.4, 0.5) is 0 Å². The molecule has 0 spiro atoms. The maximum atomic E-state index is 0. The first-order valence-electron chi connectivity index (χ1n) is 0. The van der Waals surface area contributed by atoms with Crippen molar-refractivity contribution in [1.29, 1.82) is 0 Å². The summed E-state index contributed by atoms with van der Waals surface area (Å²) in [6, 6.07) is 0. The van der Waals surface area contributed by atoms with E-state index in [1.165, 1.54) is 0 Å². The van der Waals surface area contributed by atoms with Crippen LogP contribution in [0.25, 0.3) is 0 Å². The van der Waals surface area contributed by atoms with E-state index in [1.807, 2.05) is 0 Å². The summed E-state index contributed by atoms with van der Waals surface area (Å²) < 4.78 is 0. The van der Waals surface area contributed by atoms with Gasteiger partial charge in [-0.3, -0.25) is 0 Å². The minimum atomic E-state index is 0. The Morgan fingerprint density at radius 1 is 0.500 bits per heavy atom. The predicted molar refractivity (Wildman–Crippen MR) is 9.71 cm³/mol. The van der Waals surface area contributed by atoms with Crippen LogP contribution in [-0.2, 0) is 0 Å². The third-order valence-electron chi connectivity index (χ3n) is 0. The van der Waals surface area contributed by atoms with Crippen molar-refractivity contribution in [2.24, 2.45) is 0 Å². The summed E-state index contributed by atoms with van der Waals surface area (Å²) in [6.45, 7) is 0. The first-order valence-corrected chi connectivity index (χ1v) is 0. The second-order valence-corrected chi connectivity index (χ2v) is 0. The molecule has 0 aromatic rings. The van der Waals surface area contributed by atoms with Crippen molar-refractivity contribution in [3.05, 3.63) is 0 Å². The van der Waals surface area contributed by atoms with E-state index in [0.717, 1.165) is 0 Å². The molecule has 0 rings (SSSR count). The molecule has 0 atom stereocenters. The predicted octanol–water partition coefficient (Wildman–Crippen LogP) is -8.66. The van der Waals surface area contributed by atoms with E-state index in [-0.39, 0.29) is 66.5 Å². The molecule has 0 aromatic carbocycles. The van der Waals surface area contributed by atoms with Crippen LogP contribution in [0.5, 0.6) is 0 Å². The zero-order valence-corrected chi connectivity index (χ0v) is 4.73. The van der Waals surface area contributed by atoms with Crippen LogP contribution in [0, 0.1) is 0 Å². The van der Waals surface area contributed by atoms with Gasteiger partial charge < -0.3 is 9.90 Å². The average Bonchev–Trinajstić information content (AvgIpc) is 0. The molecule has 0 aliphatic heterocycles. The third kappa shape index (κ3) is 8.88. The maximum Gasteiger partial charge on any atom is 1.00 e. The molecule has 0 amide bonds. The van der Waals surface area contributed by atoms with Crippen molar-refractivity contribution in [3.63, 3.8) is 0 Å². The Bertz CT molecular complexity index is 3.25. The van der Waals surface area contributed by atoms with Gasteiger partial charge in [0.1, 0.15) is 0 Å². The van der Waals surface area contributed by atoms with Crippen LogP contribution in [0.2, 0.25) is 0 Å². The molecule has 0 unspecified atom stereocenters. The molecule has 0 radical (unpaired) electrons. The molecule has 8 valence electrons. The van der Waals surface area contributed by atoms with E-state index >= 15 is 0 Å². The molecule has 0 heterocycles. The summed E-state index contributed by atoms with van der Waals surface area (Å²) >= 11 is 0. The molecule has 4 heavy (non-hydrogen) atoms. The van der Waals surface area contributed by atoms with E-state index in [4.69, 9.17) is 0 Å². The molecule has 4 heteroatoms. The molecule has 0 nitrogen and oxygen atoms in total. The largest absolute Gasteiger partial charge is 1.00 e. The van der Waals surface area contributed by atoms with E-state index in [1.54, 1.807) is 0 Å². The molecule has 0 bridgehead atoms. The molecule has 0 aliphatic carbocycles. The van der Waals surface area contributed by atoms with Gasteiger partial charge in [-0.05, 0) is 0 Å². The number of hydrogen-bond donors (Lipinski definition) is 0. The Kier molecular flexibility index (Phi) is 162. The molecular formula is H2Li3P+2. The van der Waals surface area contributed by atoms with Gasteiger partial charge in [-0.1, -0.05) is 0 Å². The summed E-state index contributed by atoms with van der Waals surface area (Å²) in [5, 5.41) is 0. The van der Waals surface area contributed by atoms with Crippen LogP contribution in [0.3, 0.4) is 0 Å². The van der Waals surface area contributed by atoms with Crippen molar-refractivity contribution in [2.45, 2.75) is 0 Å². The van der Waals surface area contributed by atoms with Gasteiger partial charge in [-0.15, -0.1) is 0 Å². The van der Waals surface area contributed by atoms with Gasteiger partial charge in [0.25, 0.3) is 0 Å². The summed E-state index contributed by atoms with van der Waals surface area (Å²) in [7, 11) is 0. The SMILES string of the molecule is [Li+].[Li+].[Li+].[PH2-]. The zero-order chi connectivity index (χ0) is 0. The molecule has 0 saturated heterocycles. The fourth-order valence-corrected chi connectivity index (χ4v) is 0. The minimum absolute atomic E-state index is 0. The maximum absolute atomic E-state index is 0. The molecule has 0 aliphatic rings. The van der Waals surface area contributed by atoms with Crippen molar-refractivity contribution in [1.82, 2.24) is 0 Å². The van der Waals surface area contributed by atoms with Crippen molar-refractivity contribution < 1.29 is 56.6 Å². The summed E-state index contributed by atoms with van der Waals surface area (Å²) in [4.78, 5) is 0. The Hall–Kier alpha value is 2.22. The molecule has 0 fully saturated rings. The standard InChI is InChI=1S/3Li.H2P/h;;;1H2/q3*+1;-1. The quantitative estimate of drug-likeness (QED) is 0.190. The number of rotatable bonds is 0. The monoisotopic (exact) mass is 54.0 g/mol. The van der Waals surface area contributed by atoms with E-state index in [9.17, 15) is 0 Å². The first kappa shape index (κ1) is 34.4. The molecule has 0 N–H and O–H groups in total. The third-order valence-corrected chi connectivity index (χ3v) is 0. The Balaban J connectivity index is 0. The summed E-state index contributed by atoms with van der Waals surface area (Å²) in [5.74, 6) is 0. The first-order chi connectivity index (χ1) is 0. The van der Waals surface area contributed by atoms with Crippen LogP contribution < -0.4 is 56.6 Å². The van der Waals surface area contributed by atoms with Crippen molar-refractivity contribution in [2.75, 3.05) is 0 Å². The van der Waals surface area contributed by atoms with Crippen LogP contribution in [0.1, 0.15) is 0 Å². The average molecular weight is 53.8 g/mol. The van der Waals surface area contributed by atoms with Crippen molar-refractivity contribution in [3.8, 4) is 0 Å². The van der Waals surface area contributed by atoms with Crippen molar-refractivity contribution >= 4 is 9.90 Å². The van der Waals surface area contributed by atoms with Gasteiger partial charge in [0.05, 0.1) is 0 Å². The van der Waals surface area contributed by atoms with E-state index in [2.05, 4.69) is 0 Å². The second kappa shape index (κ2) is 18.9. The Labute approximate surface area is 66.0 Å². The van der Waals surface area contributed by atoms with Gasteiger partial charge in [0.2, 0.25) is 0 Å². The van der Waals surface area contributed by atoms with Crippen LogP contribution >= 0.6 is 9.90 Å². The van der Waals surface area contributed by atoms with E-state index in [0.29, 0.717) is 0 Å². The molecule has 0 aromatic heterocycles.